The number of aliphatic hydroxyl groups is 4. The van der Waals surface area contributed by atoms with Gasteiger partial charge in [-0.3, -0.25) is 14.4 Å². The lowest BCUT2D eigenvalue weighted by molar-refractivity contribution is -0.138. The van der Waals surface area contributed by atoms with Crippen LogP contribution in [0.5, 0.6) is 0 Å². The van der Waals surface area contributed by atoms with Crippen LogP contribution in [0.15, 0.2) is 0 Å². The second-order valence-corrected chi connectivity index (χ2v) is 8.39. The zero-order valence-electron chi connectivity index (χ0n) is 22.1. The Bertz CT molecular complexity index is 448. The van der Waals surface area contributed by atoms with Crippen LogP contribution in [-0.4, -0.2) is 80.1 Å². The van der Waals surface area contributed by atoms with Gasteiger partial charge in [0.15, 0.2) is 0 Å². The average Bonchev–Trinajstić information content (AvgIpc) is 2.82. The number of carbonyl (C=O) groups is 3. The molecule has 0 fully saturated rings. The fourth-order valence-electron chi connectivity index (χ4n) is 2.27. The van der Waals surface area contributed by atoms with Crippen LogP contribution in [0.3, 0.4) is 0 Å². The fraction of sp³-hybridized carbons (Fsp3) is 0.880. The summed E-state index contributed by atoms with van der Waals surface area (Å²) < 4.78 is 0. The molecule has 212 valence electrons. The van der Waals surface area contributed by atoms with Crippen molar-refractivity contribution in [1.82, 2.24) is 0 Å². The highest BCUT2D eigenvalue weighted by Crippen LogP contribution is 2.12. The molecule has 0 heterocycles. The number of rotatable bonds is 18. The van der Waals surface area contributed by atoms with Gasteiger partial charge in [-0.05, 0) is 19.3 Å². The van der Waals surface area contributed by atoms with Crippen molar-refractivity contribution in [2.24, 2.45) is 5.41 Å². The molecule has 0 aromatic carbocycles. The van der Waals surface area contributed by atoms with Crippen molar-refractivity contribution in [3.05, 3.63) is 0 Å². The number of aliphatic hydroxyl groups excluding tert-OH is 4. The van der Waals surface area contributed by atoms with Crippen LogP contribution in [0.1, 0.15) is 111 Å². The minimum atomic E-state index is -1.11. The van der Waals surface area contributed by atoms with Crippen LogP contribution >= 0.6 is 0 Å². The maximum atomic E-state index is 10.1. The Labute approximate surface area is 211 Å². The van der Waals surface area contributed by atoms with Crippen LogP contribution in [-0.2, 0) is 14.4 Å². The number of hydrogen-bond acceptors (Lipinski definition) is 7. The molecule has 0 radical (unpaired) electrons. The van der Waals surface area contributed by atoms with Gasteiger partial charge in [0.1, 0.15) is 0 Å². The van der Waals surface area contributed by atoms with E-state index in [2.05, 4.69) is 13.8 Å². The van der Waals surface area contributed by atoms with Crippen molar-refractivity contribution >= 4 is 17.9 Å². The van der Waals surface area contributed by atoms with Crippen molar-refractivity contribution in [3.63, 3.8) is 0 Å². The molecular weight excluding hydrogens is 460 g/mol. The Morgan fingerprint density at radius 1 is 0.457 bits per heavy atom. The van der Waals surface area contributed by atoms with E-state index in [0.29, 0.717) is 19.3 Å². The predicted molar refractivity (Wildman–Crippen MR) is 135 cm³/mol. The summed E-state index contributed by atoms with van der Waals surface area (Å²) in [6, 6.07) is 0. The van der Waals surface area contributed by atoms with E-state index in [9.17, 15) is 14.4 Å². The first-order valence-corrected chi connectivity index (χ1v) is 12.6. The molecule has 0 rings (SSSR count). The number of hydrogen-bond donors (Lipinski definition) is 7. The molecule has 0 amide bonds. The predicted octanol–water partition coefficient (Wildman–Crippen LogP) is 3.68. The Morgan fingerprint density at radius 3 is 0.943 bits per heavy atom. The maximum absolute atomic E-state index is 10.1. The highest BCUT2D eigenvalue weighted by molar-refractivity contribution is 5.67. The van der Waals surface area contributed by atoms with Crippen LogP contribution < -0.4 is 0 Å². The summed E-state index contributed by atoms with van der Waals surface area (Å²) in [5.41, 5.74) is -1.11. The molecule has 7 N–H and O–H groups in total. The third kappa shape index (κ3) is 39.7. The van der Waals surface area contributed by atoms with Gasteiger partial charge in [0, 0.05) is 19.3 Å². The van der Waals surface area contributed by atoms with E-state index in [-0.39, 0.29) is 0 Å². The maximum Gasteiger partial charge on any atom is 0.303 e. The van der Waals surface area contributed by atoms with Gasteiger partial charge in [0.25, 0.3) is 0 Å². The van der Waals surface area contributed by atoms with Crippen molar-refractivity contribution in [1.29, 1.82) is 0 Å². The lowest BCUT2D eigenvalue weighted by atomic mass is 9.93. The van der Waals surface area contributed by atoms with E-state index >= 15 is 0 Å². The first kappa shape index (κ1) is 40.4. The molecule has 0 saturated heterocycles. The number of carboxylic acid groups (broad SMARTS) is 3. The summed E-state index contributed by atoms with van der Waals surface area (Å²) in [6.07, 6.45) is 12.8. The SMILES string of the molecule is CCCC(=O)O.CCCCCCC(=O)O.CCCCCCCCC(=O)O.OCC(CO)(CO)CO. The molecule has 10 heteroatoms. The molecule has 0 spiro atoms. The highest BCUT2D eigenvalue weighted by Gasteiger charge is 2.26. The molecule has 0 aliphatic rings. The third-order valence-electron chi connectivity index (χ3n) is 4.79. The van der Waals surface area contributed by atoms with Gasteiger partial charge in [0.2, 0.25) is 0 Å². The summed E-state index contributed by atoms with van der Waals surface area (Å²) in [5.74, 6) is -2.05. The summed E-state index contributed by atoms with van der Waals surface area (Å²) >= 11 is 0. The Kier molecular flexibility index (Phi) is 37.2. The first-order valence-electron chi connectivity index (χ1n) is 12.6. The zero-order valence-corrected chi connectivity index (χ0v) is 22.1. The molecule has 0 bridgehead atoms. The van der Waals surface area contributed by atoms with E-state index in [1.54, 1.807) is 0 Å². The summed E-state index contributed by atoms with van der Waals surface area (Å²) in [7, 11) is 0. The van der Waals surface area contributed by atoms with Crippen LogP contribution in [0.4, 0.5) is 0 Å². The Balaban J connectivity index is -0.000000187. The largest absolute Gasteiger partial charge is 0.481 e. The molecule has 0 aliphatic heterocycles. The third-order valence-corrected chi connectivity index (χ3v) is 4.79. The van der Waals surface area contributed by atoms with Gasteiger partial charge in [-0.2, -0.15) is 0 Å². The molecule has 0 unspecified atom stereocenters. The van der Waals surface area contributed by atoms with Gasteiger partial charge in [-0.15, -0.1) is 0 Å². The zero-order chi connectivity index (χ0) is 28.0. The summed E-state index contributed by atoms with van der Waals surface area (Å²) in [6.45, 7) is 4.51. The van der Waals surface area contributed by atoms with Crippen molar-refractivity contribution in [2.75, 3.05) is 26.4 Å². The van der Waals surface area contributed by atoms with E-state index < -0.39 is 49.8 Å². The number of aliphatic carboxylic acids is 3. The van der Waals surface area contributed by atoms with Crippen LogP contribution in [0, 0.1) is 5.41 Å². The lowest BCUT2D eigenvalue weighted by Gasteiger charge is -2.23. The first-order chi connectivity index (χ1) is 16.6. The van der Waals surface area contributed by atoms with E-state index in [1.807, 2.05) is 6.92 Å². The molecule has 10 nitrogen and oxygen atoms in total. The van der Waals surface area contributed by atoms with Gasteiger partial charge >= 0.3 is 17.9 Å². The average molecular weight is 513 g/mol. The van der Waals surface area contributed by atoms with Gasteiger partial charge < -0.3 is 35.7 Å². The molecule has 0 atom stereocenters. The van der Waals surface area contributed by atoms with E-state index in [0.717, 1.165) is 38.5 Å². The molecule has 0 aromatic rings. The molecule has 0 saturated carbocycles. The van der Waals surface area contributed by atoms with Gasteiger partial charge in [-0.25, -0.2) is 0 Å². The van der Waals surface area contributed by atoms with Crippen LogP contribution in [0.25, 0.3) is 0 Å². The normalized spacial score (nSPS) is 10.0. The van der Waals surface area contributed by atoms with Crippen molar-refractivity contribution in [3.8, 4) is 0 Å². The van der Waals surface area contributed by atoms with Crippen molar-refractivity contribution < 1.29 is 50.1 Å². The topological polar surface area (TPSA) is 193 Å². The highest BCUT2D eigenvalue weighted by atomic mass is 16.4. The lowest BCUT2D eigenvalue weighted by Crippen LogP contribution is -2.37. The minimum Gasteiger partial charge on any atom is -0.481 e. The van der Waals surface area contributed by atoms with Gasteiger partial charge in [0.05, 0.1) is 31.8 Å². The molecule has 35 heavy (non-hydrogen) atoms. The van der Waals surface area contributed by atoms with E-state index in [4.69, 9.17) is 35.7 Å². The molecular formula is C25H52O10. The fourth-order valence-corrected chi connectivity index (χ4v) is 2.27. The van der Waals surface area contributed by atoms with E-state index in [1.165, 1.54) is 32.1 Å². The quantitative estimate of drug-likeness (QED) is 0.133. The van der Waals surface area contributed by atoms with Crippen molar-refractivity contribution in [2.45, 2.75) is 111 Å². The summed E-state index contributed by atoms with van der Waals surface area (Å²) in [5, 5.41) is 58.4. The second kappa shape index (κ2) is 32.2. The standard InChI is InChI=1S/C9H18O2.C7H14O2.C5H12O4.C4H8O2/c1-2-3-4-5-6-7-8-9(10)11;1-2-3-4-5-6-7(8)9;6-1-5(2-7,3-8)4-9;1-2-3-4(5)6/h2-8H2,1H3,(H,10,11);2-6H2,1H3,(H,8,9);6-9H,1-4H2;2-3H2,1H3,(H,5,6). The monoisotopic (exact) mass is 512 g/mol. The summed E-state index contributed by atoms with van der Waals surface area (Å²) in [4.78, 5) is 29.6. The number of unbranched alkanes of at least 4 members (excludes halogenated alkanes) is 8. The number of carboxylic acids is 3. The smallest absolute Gasteiger partial charge is 0.303 e. The molecule has 0 aromatic heterocycles. The van der Waals surface area contributed by atoms with Crippen LogP contribution in [0.2, 0.25) is 0 Å². The molecule has 0 aliphatic carbocycles. The Hall–Kier alpha value is -1.75. The van der Waals surface area contributed by atoms with Gasteiger partial charge in [-0.1, -0.05) is 72.1 Å². The minimum absolute atomic E-state index is 0.292. The Morgan fingerprint density at radius 2 is 0.743 bits per heavy atom. The second-order valence-electron chi connectivity index (χ2n) is 8.39.